The van der Waals surface area contributed by atoms with Gasteiger partial charge in [-0.15, -0.1) is 10.2 Å². The van der Waals surface area contributed by atoms with Crippen LogP contribution in [-0.4, -0.2) is 35.7 Å². The Morgan fingerprint density at radius 1 is 1.19 bits per heavy atom. The summed E-state index contributed by atoms with van der Waals surface area (Å²) in [6, 6.07) is 15.5. The van der Waals surface area contributed by atoms with Crippen LogP contribution in [0.15, 0.2) is 48.5 Å². The van der Waals surface area contributed by atoms with Crippen LogP contribution in [0.1, 0.15) is 35.4 Å². The average molecular weight is 437 g/mol. The monoisotopic (exact) mass is 436 g/mol. The van der Waals surface area contributed by atoms with Gasteiger partial charge >= 0.3 is 0 Å². The molecule has 1 fully saturated rings. The first-order valence-corrected chi connectivity index (χ1v) is 11.0. The molecule has 0 saturated carbocycles. The summed E-state index contributed by atoms with van der Waals surface area (Å²) in [5.41, 5.74) is 2.95. The van der Waals surface area contributed by atoms with Crippen LogP contribution in [-0.2, 0) is 22.4 Å². The van der Waals surface area contributed by atoms with Gasteiger partial charge in [-0.3, -0.25) is 9.59 Å². The van der Waals surface area contributed by atoms with E-state index in [2.05, 4.69) is 34.6 Å². The Hall–Kier alpha value is -3.26. The molecule has 1 unspecified atom stereocenters. The molecule has 0 radical (unpaired) electrons. The van der Waals surface area contributed by atoms with Crippen LogP contribution in [0.5, 0.6) is 5.75 Å². The van der Waals surface area contributed by atoms with Crippen LogP contribution < -0.4 is 15.0 Å². The van der Waals surface area contributed by atoms with Crippen molar-refractivity contribution in [1.82, 2.24) is 10.2 Å². The molecule has 0 spiro atoms. The Morgan fingerprint density at radius 3 is 2.71 bits per heavy atom. The van der Waals surface area contributed by atoms with Gasteiger partial charge in [0.2, 0.25) is 16.9 Å². The molecule has 31 heavy (non-hydrogen) atoms. The summed E-state index contributed by atoms with van der Waals surface area (Å²) in [5, 5.41) is 12.3. The molecular weight excluding hydrogens is 412 g/mol. The summed E-state index contributed by atoms with van der Waals surface area (Å²) in [7, 11) is 1.58. The highest BCUT2D eigenvalue weighted by Crippen LogP contribution is 2.34. The molecule has 2 amide bonds. The Kier molecular flexibility index (Phi) is 6.27. The number of amides is 2. The molecule has 8 heteroatoms. The van der Waals surface area contributed by atoms with E-state index in [1.807, 2.05) is 36.4 Å². The van der Waals surface area contributed by atoms with Gasteiger partial charge in [0.15, 0.2) is 0 Å². The van der Waals surface area contributed by atoms with Crippen molar-refractivity contribution in [2.45, 2.75) is 32.1 Å². The van der Waals surface area contributed by atoms with Crippen LogP contribution in [0.2, 0.25) is 0 Å². The topological polar surface area (TPSA) is 84.4 Å². The van der Waals surface area contributed by atoms with Crippen molar-refractivity contribution in [2.75, 3.05) is 23.9 Å². The van der Waals surface area contributed by atoms with Gasteiger partial charge in [-0.1, -0.05) is 48.6 Å². The molecule has 2 heterocycles. The minimum absolute atomic E-state index is 0.0317. The lowest BCUT2D eigenvalue weighted by molar-refractivity contribution is -0.117. The van der Waals surface area contributed by atoms with Crippen molar-refractivity contribution in [3.63, 3.8) is 0 Å². The Bertz CT molecular complexity index is 1080. The molecule has 1 saturated heterocycles. The van der Waals surface area contributed by atoms with Crippen LogP contribution >= 0.6 is 11.3 Å². The van der Waals surface area contributed by atoms with E-state index in [0.29, 0.717) is 23.8 Å². The highest BCUT2D eigenvalue weighted by Gasteiger charge is 2.34. The number of anilines is 2. The number of rotatable bonds is 7. The number of ether oxygens (including phenoxy) is 1. The quantitative estimate of drug-likeness (QED) is 0.609. The molecule has 1 aliphatic heterocycles. The number of nitrogens with zero attached hydrogens (tertiary/aromatic N) is 3. The van der Waals surface area contributed by atoms with Gasteiger partial charge in [-0.05, 0) is 30.2 Å². The molecule has 1 N–H and O–H groups in total. The van der Waals surface area contributed by atoms with Gasteiger partial charge in [0.05, 0.1) is 13.5 Å². The van der Waals surface area contributed by atoms with Gasteiger partial charge in [-0.25, -0.2) is 0 Å². The second-order valence-corrected chi connectivity index (χ2v) is 8.42. The number of nitrogens with one attached hydrogen (secondary N) is 1. The molecule has 1 aromatic heterocycles. The maximum absolute atomic E-state index is 12.6. The van der Waals surface area contributed by atoms with Crippen molar-refractivity contribution in [3.8, 4) is 5.75 Å². The van der Waals surface area contributed by atoms with E-state index in [1.54, 1.807) is 12.0 Å². The second-order valence-electron chi connectivity index (χ2n) is 7.41. The van der Waals surface area contributed by atoms with Crippen molar-refractivity contribution < 1.29 is 14.3 Å². The fraction of sp³-hybridized carbons (Fsp3) is 0.304. The van der Waals surface area contributed by atoms with Gasteiger partial charge in [0.25, 0.3) is 0 Å². The van der Waals surface area contributed by atoms with Crippen molar-refractivity contribution in [1.29, 1.82) is 0 Å². The Morgan fingerprint density at radius 2 is 1.97 bits per heavy atom. The van der Waals surface area contributed by atoms with E-state index in [0.717, 1.165) is 22.7 Å². The molecule has 1 aliphatic rings. The standard InChI is InChI=1S/C23H24N4O3S/c1-3-15-8-10-18(11-9-15)27-14-17(13-21(27)29)22-25-26-23(31-22)24-20(28)12-16-6-4-5-7-19(16)30-2/h4-11,17H,3,12-14H2,1-2H3,(H,24,26,28). The summed E-state index contributed by atoms with van der Waals surface area (Å²) in [4.78, 5) is 26.8. The zero-order valence-corrected chi connectivity index (χ0v) is 18.3. The SMILES string of the molecule is CCc1ccc(N2CC(c3nnc(NC(=O)Cc4ccccc4OC)s3)CC2=O)cc1. The minimum atomic E-state index is -0.188. The number of para-hydroxylation sites is 1. The lowest BCUT2D eigenvalue weighted by Gasteiger charge is -2.16. The molecule has 160 valence electrons. The van der Waals surface area contributed by atoms with Crippen LogP contribution in [0, 0.1) is 0 Å². The average Bonchev–Trinajstić information content (AvgIpc) is 3.40. The first-order chi connectivity index (χ1) is 15.1. The predicted octanol–water partition coefficient (Wildman–Crippen LogP) is 3.81. The molecule has 4 rings (SSSR count). The summed E-state index contributed by atoms with van der Waals surface area (Å²) in [6.45, 7) is 2.67. The second kappa shape index (κ2) is 9.26. The van der Waals surface area contributed by atoms with E-state index in [-0.39, 0.29) is 24.2 Å². The van der Waals surface area contributed by atoms with Gasteiger partial charge in [0.1, 0.15) is 10.8 Å². The number of hydrogen-bond acceptors (Lipinski definition) is 6. The number of carbonyl (C=O) groups excluding carboxylic acids is 2. The van der Waals surface area contributed by atoms with E-state index < -0.39 is 0 Å². The summed E-state index contributed by atoms with van der Waals surface area (Å²) in [6.07, 6.45) is 1.54. The van der Waals surface area contributed by atoms with Crippen molar-refractivity contribution >= 4 is 34.0 Å². The van der Waals surface area contributed by atoms with E-state index in [4.69, 9.17) is 4.74 Å². The van der Waals surface area contributed by atoms with Crippen molar-refractivity contribution in [3.05, 3.63) is 64.7 Å². The maximum Gasteiger partial charge on any atom is 0.230 e. The fourth-order valence-corrected chi connectivity index (χ4v) is 4.52. The Balaban J connectivity index is 1.39. The third-order valence-electron chi connectivity index (χ3n) is 5.36. The smallest absolute Gasteiger partial charge is 0.230 e. The third kappa shape index (κ3) is 4.74. The summed E-state index contributed by atoms with van der Waals surface area (Å²) >= 11 is 1.32. The molecule has 0 bridgehead atoms. The zero-order valence-electron chi connectivity index (χ0n) is 17.5. The summed E-state index contributed by atoms with van der Waals surface area (Å²) < 4.78 is 5.30. The lowest BCUT2D eigenvalue weighted by Crippen LogP contribution is -2.24. The van der Waals surface area contributed by atoms with Gasteiger partial charge in [0, 0.05) is 30.1 Å². The first-order valence-electron chi connectivity index (χ1n) is 10.2. The number of aromatic nitrogens is 2. The van der Waals surface area contributed by atoms with Gasteiger partial charge in [-0.2, -0.15) is 0 Å². The summed E-state index contributed by atoms with van der Waals surface area (Å²) in [5.74, 6) is 0.529. The Labute approximate surface area is 185 Å². The third-order valence-corrected chi connectivity index (χ3v) is 6.36. The fourth-order valence-electron chi connectivity index (χ4n) is 3.67. The lowest BCUT2D eigenvalue weighted by atomic mass is 10.1. The zero-order chi connectivity index (χ0) is 21.8. The molecule has 0 aliphatic carbocycles. The number of aryl methyl sites for hydroxylation is 1. The van der Waals surface area contributed by atoms with E-state index in [1.165, 1.54) is 16.9 Å². The molecule has 1 atom stereocenters. The molecular formula is C23H24N4O3S. The molecule has 2 aromatic carbocycles. The minimum Gasteiger partial charge on any atom is -0.496 e. The molecule has 7 nitrogen and oxygen atoms in total. The normalized spacial score (nSPS) is 15.9. The molecule has 3 aromatic rings. The largest absolute Gasteiger partial charge is 0.496 e. The highest BCUT2D eigenvalue weighted by atomic mass is 32.1. The van der Waals surface area contributed by atoms with Crippen LogP contribution in [0.3, 0.4) is 0 Å². The number of hydrogen-bond donors (Lipinski definition) is 1. The predicted molar refractivity (Wildman–Crippen MR) is 121 cm³/mol. The van der Waals surface area contributed by atoms with E-state index in [9.17, 15) is 9.59 Å². The van der Waals surface area contributed by atoms with Crippen LogP contribution in [0.4, 0.5) is 10.8 Å². The maximum atomic E-state index is 12.6. The van der Waals surface area contributed by atoms with Crippen molar-refractivity contribution in [2.24, 2.45) is 0 Å². The first kappa shape index (κ1) is 21.0. The highest BCUT2D eigenvalue weighted by molar-refractivity contribution is 7.15. The van der Waals surface area contributed by atoms with E-state index >= 15 is 0 Å². The van der Waals surface area contributed by atoms with Crippen LogP contribution in [0.25, 0.3) is 0 Å². The van der Waals surface area contributed by atoms with Gasteiger partial charge < -0.3 is 15.0 Å². The number of methoxy groups -OCH3 is 1. The number of carbonyl (C=O) groups is 2. The number of benzene rings is 2.